The van der Waals surface area contributed by atoms with Crippen LogP contribution in [0.15, 0.2) is 24.3 Å². The zero-order chi connectivity index (χ0) is 17.0. The first-order valence-electron chi connectivity index (χ1n) is 8.52. The number of fused-ring (bicyclic) bond motifs is 2. The van der Waals surface area contributed by atoms with Crippen molar-refractivity contribution in [2.75, 3.05) is 13.2 Å². The fraction of sp³-hybridized carbons (Fsp3) is 0.684. The summed E-state index contributed by atoms with van der Waals surface area (Å²) in [6, 6.07) is 0. The molecule has 2 bridgehead atoms. The average molecular weight is 320 g/mol. The Morgan fingerprint density at radius 3 is 1.61 bits per heavy atom. The number of ether oxygens (including phenoxy) is 2. The summed E-state index contributed by atoms with van der Waals surface area (Å²) in [7, 11) is 0. The van der Waals surface area contributed by atoms with E-state index >= 15 is 0 Å². The summed E-state index contributed by atoms with van der Waals surface area (Å²) in [5.41, 5.74) is 1.97. The predicted molar refractivity (Wildman–Crippen MR) is 88.6 cm³/mol. The van der Waals surface area contributed by atoms with Crippen LogP contribution in [-0.4, -0.2) is 25.2 Å². The van der Waals surface area contributed by atoms with Gasteiger partial charge in [-0.3, -0.25) is 9.59 Å². The molecule has 4 heteroatoms. The maximum Gasteiger partial charge on any atom is 0.310 e. The molecule has 0 aromatic rings. The summed E-state index contributed by atoms with van der Waals surface area (Å²) in [5.74, 6) is -0.569. The Morgan fingerprint density at radius 1 is 0.870 bits per heavy atom. The molecule has 2 aliphatic carbocycles. The zero-order valence-electron chi connectivity index (χ0n) is 14.3. The minimum Gasteiger partial charge on any atom is -0.465 e. The van der Waals surface area contributed by atoms with E-state index in [2.05, 4.69) is 13.2 Å². The highest BCUT2D eigenvalue weighted by Crippen LogP contribution is 2.53. The van der Waals surface area contributed by atoms with E-state index in [1.807, 2.05) is 13.8 Å². The fourth-order valence-corrected chi connectivity index (χ4v) is 3.81. The fourth-order valence-electron chi connectivity index (χ4n) is 3.81. The maximum atomic E-state index is 12.4. The molecule has 0 spiro atoms. The van der Waals surface area contributed by atoms with Crippen molar-refractivity contribution in [1.29, 1.82) is 0 Å². The third-order valence-corrected chi connectivity index (χ3v) is 5.01. The second-order valence-corrected chi connectivity index (χ2v) is 7.13. The van der Waals surface area contributed by atoms with Crippen LogP contribution in [0.5, 0.6) is 0 Å². The molecule has 2 rings (SSSR count). The van der Waals surface area contributed by atoms with Crippen LogP contribution in [0.1, 0.15) is 46.0 Å². The summed E-state index contributed by atoms with van der Waals surface area (Å²) < 4.78 is 10.8. The molecular weight excluding hydrogens is 292 g/mol. The van der Waals surface area contributed by atoms with Gasteiger partial charge in [-0.25, -0.2) is 0 Å². The molecule has 0 N–H and O–H groups in total. The lowest BCUT2D eigenvalue weighted by molar-refractivity contribution is -0.163. The van der Waals surface area contributed by atoms with Crippen LogP contribution < -0.4 is 0 Å². The van der Waals surface area contributed by atoms with Gasteiger partial charge in [-0.2, -0.15) is 0 Å². The predicted octanol–water partition coefficient (Wildman–Crippen LogP) is 3.67. The third kappa shape index (κ3) is 4.46. The van der Waals surface area contributed by atoms with Crippen LogP contribution in [0.2, 0.25) is 0 Å². The van der Waals surface area contributed by atoms with Crippen LogP contribution >= 0.6 is 0 Å². The molecule has 0 heterocycles. The number of hydrogen-bond donors (Lipinski definition) is 0. The maximum absolute atomic E-state index is 12.4. The molecule has 0 saturated heterocycles. The highest BCUT2D eigenvalue weighted by Gasteiger charge is 2.55. The number of esters is 2. The molecule has 2 fully saturated rings. The second-order valence-electron chi connectivity index (χ2n) is 7.13. The normalized spacial score (nSPS) is 28.4. The summed E-state index contributed by atoms with van der Waals surface area (Å²) in [6.07, 6.45) is 4.31. The Morgan fingerprint density at radius 2 is 1.26 bits per heavy atom. The Bertz CT molecular complexity index is 450. The van der Waals surface area contributed by atoms with Crippen LogP contribution in [0.3, 0.4) is 0 Å². The number of hydrogen-bond acceptors (Lipinski definition) is 4. The first-order valence-corrected chi connectivity index (χ1v) is 8.52. The first kappa shape index (κ1) is 17.8. The van der Waals surface area contributed by atoms with Crippen molar-refractivity contribution in [2.45, 2.75) is 46.0 Å². The lowest BCUT2D eigenvalue weighted by Gasteiger charge is -2.27. The van der Waals surface area contributed by atoms with Crippen molar-refractivity contribution < 1.29 is 19.1 Å². The summed E-state index contributed by atoms with van der Waals surface area (Å²) in [5, 5.41) is 0. The quantitative estimate of drug-likeness (QED) is 0.506. The van der Waals surface area contributed by atoms with Gasteiger partial charge in [-0.1, -0.05) is 11.1 Å². The molecule has 0 amide bonds. The van der Waals surface area contributed by atoms with Crippen molar-refractivity contribution in [3.05, 3.63) is 24.3 Å². The van der Waals surface area contributed by atoms with E-state index in [4.69, 9.17) is 9.47 Å². The lowest BCUT2D eigenvalue weighted by Crippen LogP contribution is -2.37. The standard InChI is InChI=1S/C19H28O4/c1-12(2)7-9-22-18(20)16-14-5-6-15(11-14)17(16)19(21)23-10-8-13(3)4/h14-17H,1,3,5-11H2,2,4H3. The summed E-state index contributed by atoms with van der Waals surface area (Å²) in [4.78, 5) is 24.9. The van der Waals surface area contributed by atoms with Crippen LogP contribution in [0.25, 0.3) is 0 Å². The molecule has 0 aliphatic heterocycles. The Kier molecular flexibility index (Phi) is 6.03. The highest BCUT2D eigenvalue weighted by atomic mass is 16.5. The molecule has 4 nitrogen and oxygen atoms in total. The molecule has 23 heavy (non-hydrogen) atoms. The first-order chi connectivity index (χ1) is 10.9. The number of carbonyl (C=O) groups is 2. The van der Waals surface area contributed by atoms with Gasteiger partial charge < -0.3 is 9.47 Å². The highest BCUT2D eigenvalue weighted by molar-refractivity contribution is 5.83. The van der Waals surface area contributed by atoms with Gasteiger partial charge >= 0.3 is 11.9 Å². The largest absolute Gasteiger partial charge is 0.465 e. The minimum absolute atomic E-state index is 0.236. The SMILES string of the molecule is C=C(C)CCOC(=O)C1C2CCC(C2)C1C(=O)OCCC(=C)C. The molecule has 128 valence electrons. The van der Waals surface area contributed by atoms with Gasteiger partial charge in [-0.15, -0.1) is 13.2 Å². The molecule has 4 unspecified atom stereocenters. The average Bonchev–Trinajstić information content (AvgIpc) is 3.06. The molecule has 4 atom stereocenters. The van der Waals surface area contributed by atoms with Gasteiger partial charge in [0.05, 0.1) is 25.0 Å². The van der Waals surface area contributed by atoms with E-state index in [0.717, 1.165) is 30.4 Å². The van der Waals surface area contributed by atoms with Crippen molar-refractivity contribution >= 4 is 11.9 Å². The van der Waals surface area contributed by atoms with Gasteiger partial charge in [-0.05, 0) is 44.9 Å². The van der Waals surface area contributed by atoms with E-state index in [9.17, 15) is 9.59 Å². The zero-order valence-corrected chi connectivity index (χ0v) is 14.3. The molecule has 2 saturated carbocycles. The van der Waals surface area contributed by atoms with E-state index in [1.54, 1.807) is 0 Å². The summed E-state index contributed by atoms with van der Waals surface area (Å²) >= 11 is 0. The third-order valence-electron chi connectivity index (χ3n) is 5.01. The minimum atomic E-state index is -0.323. The molecular formula is C19H28O4. The van der Waals surface area contributed by atoms with Gasteiger partial charge in [0.1, 0.15) is 0 Å². The van der Waals surface area contributed by atoms with Crippen LogP contribution in [0.4, 0.5) is 0 Å². The summed E-state index contributed by atoms with van der Waals surface area (Å²) in [6.45, 7) is 12.1. The van der Waals surface area contributed by atoms with Crippen molar-refractivity contribution in [3.8, 4) is 0 Å². The second kappa shape index (κ2) is 7.80. The molecule has 0 aromatic heterocycles. The molecule has 0 radical (unpaired) electrons. The van der Waals surface area contributed by atoms with Gasteiger partial charge in [0.25, 0.3) is 0 Å². The van der Waals surface area contributed by atoms with E-state index in [-0.39, 0.29) is 35.6 Å². The number of carbonyl (C=O) groups excluding carboxylic acids is 2. The molecule has 2 aliphatic rings. The monoisotopic (exact) mass is 320 g/mol. The van der Waals surface area contributed by atoms with Crippen molar-refractivity contribution in [2.24, 2.45) is 23.7 Å². The van der Waals surface area contributed by atoms with E-state index in [0.29, 0.717) is 26.1 Å². The van der Waals surface area contributed by atoms with Gasteiger partial charge in [0.15, 0.2) is 0 Å². The van der Waals surface area contributed by atoms with Gasteiger partial charge in [0, 0.05) is 12.8 Å². The lowest BCUT2D eigenvalue weighted by atomic mass is 9.79. The Labute approximate surface area is 138 Å². The van der Waals surface area contributed by atoms with Crippen molar-refractivity contribution in [1.82, 2.24) is 0 Å². The topological polar surface area (TPSA) is 52.6 Å². The van der Waals surface area contributed by atoms with Crippen LogP contribution in [-0.2, 0) is 19.1 Å². The Balaban J connectivity index is 1.93. The molecule has 0 aromatic carbocycles. The van der Waals surface area contributed by atoms with Crippen molar-refractivity contribution in [3.63, 3.8) is 0 Å². The van der Waals surface area contributed by atoms with E-state index < -0.39 is 0 Å². The number of rotatable bonds is 8. The Hall–Kier alpha value is -1.58. The smallest absolute Gasteiger partial charge is 0.310 e. The van der Waals surface area contributed by atoms with Crippen LogP contribution in [0, 0.1) is 23.7 Å². The van der Waals surface area contributed by atoms with E-state index in [1.165, 1.54) is 0 Å². The van der Waals surface area contributed by atoms with Gasteiger partial charge in [0.2, 0.25) is 0 Å².